The van der Waals surface area contributed by atoms with Gasteiger partial charge in [0.2, 0.25) is 0 Å². The summed E-state index contributed by atoms with van der Waals surface area (Å²) in [6.07, 6.45) is 3.76. The van der Waals surface area contributed by atoms with E-state index >= 15 is 0 Å². The van der Waals surface area contributed by atoms with Crippen molar-refractivity contribution < 1.29 is 4.74 Å². The highest BCUT2D eigenvalue weighted by atomic mass is 16.5. The van der Waals surface area contributed by atoms with Crippen LogP contribution in [0.4, 0.5) is 0 Å². The van der Waals surface area contributed by atoms with Crippen molar-refractivity contribution in [3.05, 3.63) is 35.9 Å². The van der Waals surface area contributed by atoms with Gasteiger partial charge in [0.15, 0.2) is 0 Å². The van der Waals surface area contributed by atoms with E-state index in [9.17, 15) is 0 Å². The quantitative estimate of drug-likeness (QED) is 0.802. The minimum Gasteiger partial charge on any atom is -0.381 e. The normalized spacial score (nSPS) is 28.1. The van der Waals surface area contributed by atoms with Crippen molar-refractivity contribution in [3.63, 3.8) is 0 Å². The highest BCUT2D eigenvalue weighted by molar-refractivity contribution is 5.24. The SMILES string of the molecule is c1ccc(C2CNCCC23CCOCC3)cc1. The molecule has 1 unspecified atom stereocenters. The second-order valence-electron chi connectivity index (χ2n) is 5.39. The summed E-state index contributed by atoms with van der Waals surface area (Å²) in [7, 11) is 0. The van der Waals surface area contributed by atoms with Crippen LogP contribution in [0.1, 0.15) is 30.7 Å². The van der Waals surface area contributed by atoms with Crippen molar-refractivity contribution in [2.75, 3.05) is 26.3 Å². The average molecular weight is 231 g/mol. The first-order valence-corrected chi connectivity index (χ1v) is 6.74. The number of piperidine rings is 1. The predicted octanol–water partition coefficient (Wildman–Crippen LogP) is 2.56. The molecular formula is C15H21NO. The molecule has 1 aromatic rings. The molecule has 3 rings (SSSR count). The van der Waals surface area contributed by atoms with Crippen LogP contribution < -0.4 is 5.32 Å². The first-order chi connectivity index (χ1) is 8.41. The molecule has 2 heterocycles. The molecule has 17 heavy (non-hydrogen) atoms. The zero-order chi connectivity index (χ0) is 11.6. The summed E-state index contributed by atoms with van der Waals surface area (Å²) in [5.41, 5.74) is 1.99. The Morgan fingerprint density at radius 2 is 1.82 bits per heavy atom. The van der Waals surface area contributed by atoms with Crippen LogP contribution in [0.25, 0.3) is 0 Å². The highest BCUT2D eigenvalue weighted by Crippen LogP contribution is 2.47. The maximum Gasteiger partial charge on any atom is 0.0471 e. The topological polar surface area (TPSA) is 21.3 Å². The van der Waals surface area contributed by atoms with Gasteiger partial charge in [0.05, 0.1) is 0 Å². The second kappa shape index (κ2) is 4.79. The van der Waals surface area contributed by atoms with E-state index in [0.29, 0.717) is 11.3 Å². The fraction of sp³-hybridized carbons (Fsp3) is 0.600. The van der Waals surface area contributed by atoms with Gasteiger partial charge in [-0.2, -0.15) is 0 Å². The molecule has 2 heteroatoms. The summed E-state index contributed by atoms with van der Waals surface area (Å²) < 4.78 is 5.56. The lowest BCUT2D eigenvalue weighted by atomic mass is 9.63. The van der Waals surface area contributed by atoms with Crippen molar-refractivity contribution in [2.45, 2.75) is 25.2 Å². The first-order valence-electron chi connectivity index (χ1n) is 6.74. The predicted molar refractivity (Wildman–Crippen MR) is 69.2 cm³/mol. The Balaban J connectivity index is 1.89. The fourth-order valence-electron chi connectivity index (χ4n) is 3.51. The van der Waals surface area contributed by atoms with Crippen LogP contribution in [-0.2, 0) is 4.74 Å². The third-order valence-corrected chi connectivity index (χ3v) is 4.58. The van der Waals surface area contributed by atoms with Gasteiger partial charge in [-0.05, 0) is 36.8 Å². The van der Waals surface area contributed by atoms with Crippen LogP contribution in [0.15, 0.2) is 30.3 Å². The summed E-state index contributed by atoms with van der Waals surface area (Å²) in [6, 6.07) is 11.0. The number of hydrogen-bond donors (Lipinski definition) is 1. The van der Waals surface area contributed by atoms with Gasteiger partial charge < -0.3 is 10.1 Å². The Morgan fingerprint density at radius 1 is 1.06 bits per heavy atom. The Kier molecular flexibility index (Phi) is 3.17. The summed E-state index contributed by atoms with van der Waals surface area (Å²) in [6.45, 7) is 4.19. The molecule has 2 aliphatic heterocycles. The monoisotopic (exact) mass is 231 g/mol. The summed E-state index contributed by atoms with van der Waals surface area (Å²) >= 11 is 0. The standard InChI is InChI=1S/C15H21NO/c1-2-4-13(5-3-1)14-12-16-9-6-15(14)7-10-17-11-8-15/h1-5,14,16H,6-12H2. The molecule has 2 nitrogen and oxygen atoms in total. The van der Waals surface area contributed by atoms with Gasteiger partial charge in [0.1, 0.15) is 0 Å². The lowest BCUT2D eigenvalue weighted by molar-refractivity contribution is -0.0134. The van der Waals surface area contributed by atoms with Crippen LogP contribution in [-0.4, -0.2) is 26.3 Å². The van der Waals surface area contributed by atoms with Crippen LogP contribution >= 0.6 is 0 Å². The summed E-state index contributed by atoms with van der Waals surface area (Å²) in [5, 5.41) is 3.56. The van der Waals surface area contributed by atoms with Gasteiger partial charge in [-0.1, -0.05) is 30.3 Å². The summed E-state index contributed by atoms with van der Waals surface area (Å²) in [4.78, 5) is 0. The molecule has 0 aliphatic carbocycles. The van der Waals surface area contributed by atoms with Gasteiger partial charge in [-0.3, -0.25) is 0 Å². The minimum atomic E-state index is 0.491. The van der Waals surface area contributed by atoms with Gasteiger partial charge in [-0.25, -0.2) is 0 Å². The van der Waals surface area contributed by atoms with Crippen molar-refractivity contribution in [1.29, 1.82) is 0 Å². The molecule has 0 aromatic heterocycles. The number of benzene rings is 1. The van der Waals surface area contributed by atoms with E-state index in [4.69, 9.17) is 4.74 Å². The highest BCUT2D eigenvalue weighted by Gasteiger charge is 2.42. The molecule has 1 aromatic carbocycles. The molecule has 0 saturated carbocycles. The maximum absolute atomic E-state index is 5.56. The van der Waals surface area contributed by atoms with Crippen molar-refractivity contribution in [2.24, 2.45) is 5.41 Å². The molecule has 2 saturated heterocycles. The van der Waals surface area contributed by atoms with Crippen LogP contribution in [0.2, 0.25) is 0 Å². The number of nitrogens with one attached hydrogen (secondary N) is 1. The largest absolute Gasteiger partial charge is 0.381 e. The maximum atomic E-state index is 5.56. The first kappa shape index (κ1) is 11.2. The number of hydrogen-bond acceptors (Lipinski definition) is 2. The molecule has 0 amide bonds. The van der Waals surface area contributed by atoms with Crippen LogP contribution in [0.5, 0.6) is 0 Å². The van der Waals surface area contributed by atoms with Crippen molar-refractivity contribution >= 4 is 0 Å². The van der Waals surface area contributed by atoms with E-state index in [1.54, 1.807) is 0 Å². The van der Waals surface area contributed by atoms with Crippen molar-refractivity contribution in [3.8, 4) is 0 Å². The van der Waals surface area contributed by atoms with Crippen LogP contribution in [0, 0.1) is 5.41 Å². The summed E-state index contributed by atoms with van der Waals surface area (Å²) in [5.74, 6) is 0.668. The number of rotatable bonds is 1. The van der Waals surface area contributed by atoms with E-state index in [0.717, 1.165) is 19.8 Å². The van der Waals surface area contributed by atoms with Gasteiger partial charge in [0, 0.05) is 25.7 Å². The van der Waals surface area contributed by atoms with E-state index in [2.05, 4.69) is 35.6 Å². The Hall–Kier alpha value is -0.860. The Morgan fingerprint density at radius 3 is 2.59 bits per heavy atom. The lowest BCUT2D eigenvalue weighted by Gasteiger charge is -2.47. The van der Waals surface area contributed by atoms with E-state index in [-0.39, 0.29) is 0 Å². The van der Waals surface area contributed by atoms with E-state index in [1.165, 1.54) is 31.4 Å². The fourth-order valence-corrected chi connectivity index (χ4v) is 3.51. The molecule has 2 fully saturated rings. The lowest BCUT2D eigenvalue weighted by Crippen LogP contribution is -2.46. The minimum absolute atomic E-state index is 0.491. The zero-order valence-corrected chi connectivity index (χ0v) is 10.3. The molecule has 92 valence electrons. The zero-order valence-electron chi connectivity index (χ0n) is 10.3. The molecule has 0 bridgehead atoms. The van der Waals surface area contributed by atoms with Gasteiger partial charge in [-0.15, -0.1) is 0 Å². The molecule has 1 N–H and O–H groups in total. The third-order valence-electron chi connectivity index (χ3n) is 4.58. The molecular weight excluding hydrogens is 210 g/mol. The van der Waals surface area contributed by atoms with Crippen molar-refractivity contribution in [1.82, 2.24) is 5.32 Å². The number of ether oxygens (including phenoxy) is 1. The molecule has 2 aliphatic rings. The molecule has 1 spiro atoms. The van der Waals surface area contributed by atoms with E-state index in [1.807, 2.05) is 0 Å². The second-order valence-corrected chi connectivity index (χ2v) is 5.39. The van der Waals surface area contributed by atoms with Crippen LogP contribution in [0.3, 0.4) is 0 Å². The smallest absolute Gasteiger partial charge is 0.0471 e. The molecule has 1 atom stereocenters. The average Bonchev–Trinajstić information content (AvgIpc) is 2.41. The molecule has 0 radical (unpaired) electrons. The Bertz CT molecular complexity index is 348. The van der Waals surface area contributed by atoms with Gasteiger partial charge in [0.25, 0.3) is 0 Å². The van der Waals surface area contributed by atoms with Gasteiger partial charge >= 0.3 is 0 Å². The third kappa shape index (κ3) is 2.12. The van der Waals surface area contributed by atoms with E-state index < -0.39 is 0 Å². The Labute approximate surface area is 103 Å².